The number of nitrogens with zero attached hydrogens (tertiary/aromatic N) is 2. The van der Waals surface area contributed by atoms with Crippen LogP contribution in [-0.4, -0.2) is 15.2 Å². The molecule has 0 saturated carbocycles. The lowest BCUT2D eigenvalue weighted by Gasteiger charge is -1.99. The van der Waals surface area contributed by atoms with Gasteiger partial charge in [0.15, 0.2) is 5.82 Å². The lowest BCUT2D eigenvalue weighted by atomic mass is 10.1. The van der Waals surface area contributed by atoms with Gasteiger partial charge in [-0.25, -0.2) is 4.98 Å². The van der Waals surface area contributed by atoms with Gasteiger partial charge in [0.05, 0.1) is 0 Å². The van der Waals surface area contributed by atoms with Crippen LogP contribution >= 0.6 is 11.6 Å². The van der Waals surface area contributed by atoms with Crippen LogP contribution < -0.4 is 0 Å². The van der Waals surface area contributed by atoms with Crippen molar-refractivity contribution in [1.29, 1.82) is 0 Å². The summed E-state index contributed by atoms with van der Waals surface area (Å²) in [4.78, 5) is 4.53. The molecule has 0 fully saturated rings. The maximum Gasteiger partial charge on any atom is 0.181 e. The van der Waals surface area contributed by atoms with Crippen LogP contribution in [-0.2, 0) is 12.8 Å². The molecule has 0 aliphatic rings. The van der Waals surface area contributed by atoms with Gasteiger partial charge in [0, 0.05) is 17.0 Å². The van der Waals surface area contributed by atoms with Crippen molar-refractivity contribution in [2.75, 3.05) is 0 Å². The maximum atomic E-state index is 5.99. The molecule has 0 radical (unpaired) electrons. The molecule has 0 saturated heterocycles. The third-order valence-electron chi connectivity index (χ3n) is 3.34. The van der Waals surface area contributed by atoms with Gasteiger partial charge in [-0.15, -0.1) is 0 Å². The summed E-state index contributed by atoms with van der Waals surface area (Å²) in [6, 6.07) is 18.1. The number of H-pyrrole nitrogens is 1. The molecular weight excluding hydrogens is 282 g/mol. The first-order chi connectivity index (χ1) is 10.3. The number of aryl methyl sites for hydroxylation is 2. The summed E-state index contributed by atoms with van der Waals surface area (Å²) in [5, 5.41) is 7.96. The highest BCUT2D eigenvalue weighted by molar-refractivity contribution is 6.30. The lowest BCUT2D eigenvalue weighted by molar-refractivity contribution is 0.775. The van der Waals surface area contributed by atoms with Crippen molar-refractivity contribution in [1.82, 2.24) is 15.2 Å². The van der Waals surface area contributed by atoms with E-state index in [2.05, 4.69) is 39.4 Å². The van der Waals surface area contributed by atoms with Crippen molar-refractivity contribution in [3.8, 4) is 11.4 Å². The normalized spacial score (nSPS) is 10.7. The van der Waals surface area contributed by atoms with Crippen LogP contribution in [0, 0.1) is 0 Å². The second kappa shape index (κ2) is 6.55. The van der Waals surface area contributed by atoms with E-state index in [0.717, 1.165) is 30.7 Å². The SMILES string of the molecule is Clc1cccc(-c2n[nH]c(CCCc3ccccc3)n2)c1. The van der Waals surface area contributed by atoms with Gasteiger partial charge in [0.25, 0.3) is 0 Å². The fourth-order valence-electron chi connectivity index (χ4n) is 2.27. The summed E-state index contributed by atoms with van der Waals surface area (Å²) in [7, 11) is 0. The lowest BCUT2D eigenvalue weighted by Crippen LogP contribution is -1.92. The van der Waals surface area contributed by atoms with E-state index in [0.29, 0.717) is 10.8 Å². The van der Waals surface area contributed by atoms with Gasteiger partial charge < -0.3 is 0 Å². The Balaban J connectivity index is 1.60. The van der Waals surface area contributed by atoms with Gasteiger partial charge in [-0.1, -0.05) is 54.1 Å². The second-order valence-electron chi connectivity index (χ2n) is 4.96. The summed E-state index contributed by atoms with van der Waals surface area (Å²) < 4.78 is 0. The molecule has 1 aromatic heterocycles. The Morgan fingerprint density at radius 3 is 2.62 bits per heavy atom. The molecule has 0 aliphatic carbocycles. The Hall–Kier alpha value is -2.13. The second-order valence-corrected chi connectivity index (χ2v) is 5.39. The van der Waals surface area contributed by atoms with Crippen molar-refractivity contribution in [2.45, 2.75) is 19.3 Å². The van der Waals surface area contributed by atoms with Crippen LogP contribution in [0.3, 0.4) is 0 Å². The zero-order chi connectivity index (χ0) is 14.5. The summed E-state index contributed by atoms with van der Waals surface area (Å²) in [5.74, 6) is 1.62. The van der Waals surface area contributed by atoms with E-state index in [1.807, 2.05) is 30.3 Å². The highest BCUT2D eigenvalue weighted by Gasteiger charge is 2.06. The Kier molecular flexibility index (Phi) is 4.31. The van der Waals surface area contributed by atoms with Gasteiger partial charge in [0.2, 0.25) is 0 Å². The molecule has 1 N–H and O–H groups in total. The van der Waals surface area contributed by atoms with E-state index in [9.17, 15) is 0 Å². The molecule has 0 spiro atoms. The maximum absolute atomic E-state index is 5.99. The number of hydrogen-bond acceptors (Lipinski definition) is 2. The van der Waals surface area contributed by atoms with E-state index in [1.165, 1.54) is 5.56 Å². The first-order valence-corrected chi connectivity index (χ1v) is 7.40. The summed E-state index contributed by atoms with van der Waals surface area (Å²) in [5.41, 5.74) is 2.29. The summed E-state index contributed by atoms with van der Waals surface area (Å²) in [6.07, 6.45) is 2.99. The van der Waals surface area contributed by atoms with E-state index >= 15 is 0 Å². The minimum Gasteiger partial charge on any atom is -0.263 e. The average Bonchev–Trinajstić information content (AvgIpc) is 2.97. The fourth-order valence-corrected chi connectivity index (χ4v) is 2.46. The molecule has 4 heteroatoms. The molecule has 106 valence electrons. The van der Waals surface area contributed by atoms with Crippen molar-refractivity contribution in [3.05, 3.63) is 71.0 Å². The Labute approximate surface area is 129 Å². The van der Waals surface area contributed by atoms with Crippen LogP contribution in [0.25, 0.3) is 11.4 Å². The zero-order valence-electron chi connectivity index (χ0n) is 11.6. The number of halogens is 1. The fraction of sp³-hybridized carbons (Fsp3) is 0.176. The monoisotopic (exact) mass is 297 g/mol. The predicted octanol–water partition coefficient (Wildman–Crippen LogP) is 4.30. The van der Waals surface area contributed by atoms with Crippen LogP contribution in [0.4, 0.5) is 0 Å². The molecular formula is C17H16ClN3. The molecule has 2 aromatic carbocycles. The standard InChI is InChI=1S/C17H16ClN3/c18-15-10-5-9-14(12-15)17-19-16(20-21-17)11-4-8-13-6-2-1-3-7-13/h1-3,5-7,9-10,12H,4,8,11H2,(H,19,20,21). The number of benzene rings is 2. The third kappa shape index (κ3) is 3.70. The topological polar surface area (TPSA) is 41.6 Å². The number of aromatic amines is 1. The van der Waals surface area contributed by atoms with Crippen LogP contribution in [0.5, 0.6) is 0 Å². The Morgan fingerprint density at radius 2 is 1.81 bits per heavy atom. The molecule has 0 amide bonds. The Morgan fingerprint density at radius 1 is 0.952 bits per heavy atom. The molecule has 0 aliphatic heterocycles. The Bertz CT molecular complexity index is 707. The van der Waals surface area contributed by atoms with E-state index in [4.69, 9.17) is 11.6 Å². The van der Waals surface area contributed by atoms with Gasteiger partial charge in [-0.05, 0) is 30.5 Å². The van der Waals surface area contributed by atoms with Crippen molar-refractivity contribution >= 4 is 11.6 Å². The number of hydrogen-bond donors (Lipinski definition) is 1. The minimum atomic E-state index is 0.697. The van der Waals surface area contributed by atoms with Crippen molar-refractivity contribution < 1.29 is 0 Å². The smallest absolute Gasteiger partial charge is 0.181 e. The molecule has 1 heterocycles. The quantitative estimate of drug-likeness (QED) is 0.763. The average molecular weight is 298 g/mol. The van der Waals surface area contributed by atoms with Crippen LogP contribution in [0.2, 0.25) is 5.02 Å². The van der Waals surface area contributed by atoms with Gasteiger partial charge >= 0.3 is 0 Å². The number of rotatable bonds is 5. The summed E-state index contributed by atoms with van der Waals surface area (Å²) in [6.45, 7) is 0. The number of aromatic nitrogens is 3. The van der Waals surface area contributed by atoms with E-state index in [-0.39, 0.29) is 0 Å². The highest BCUT2D eigenvalue weighted by atomic mass is 35.5. The van der Waals surface area contributed by atoms with Crippen LogP contribution in [0.1, 0.15) is 17.8 Å². The van der Waals surface area contributed by atoms with Gasteiger partial charge in [0.1, 0.15) is 5.82 Å². The molecule has 0 atom stereocenters. The minimum absolute atomic E-state index is 0.697. The van der Waals surface area contributed by atoms with Gasteiger partial charge in [-0.2, -0.15) is 5.10 Å². The molecule has 21 heavy (non-hydrogen) atoms. The van der Waals surface area contributed by atoms with Crippen LogP contribution in [0.15, 0.2) is 54.6 Å². The third-order valence-corrected chi connectivity index (χ3v) is 3.57. The first-order valence-electron chi connectivity index (χ1n) is 7.02. The van der Waals surface area contributed by atoms with Crippen molar-refractivity contribution in [2.24, 2.45) is 0 Å². The summed E-state index contributed by atoms with van der Waals surface area (Å²) >= 11 is 5.99. The zero-order valence-corrected chi connectivity index (χ0v) is 12.3. The molecule has 0 bridgehead atoms. The van der Waals surface area contributed by atoms with Gasteiger partial charge in [-0.3, -0.25) is 5.10 Å². The molecule has 3 rings (SSSR count). The largest absolute Gasteiger partial charge is 0.263 e. The van der Waals surface area contributed by atoms with E-state index in [1.54, 1.807) is 0 Å². The molecule has 3 nitrogen and oxygen atoms in total. The van der Waals surface area contributed by atoms with Crippen molar-refractivity contribution in [3.63, 3.8) is 0 Å². The predicted molar refractivity (Wildman–Crippen MR) is 85.3 cm³/mol. The number of nitrogens with one attached hydrogen (secondary N) is 1. The molecule has 0 unspecified atom stereocenters. The first kappa shape index (κ1) is 13.8. The van der Waals surface area contributed by atoms with E-state index < -0.39 is 0 Å². The highest BCUT2D eigenvalue weighted by Crippen LogP contribution is 2.19. The molecule has 3 aromatic rings.